The molecule has 0 aliphatic heterocycles. The van der Waals surface area contributed by atoms with E-state index < -0.39 is 0 Å². The lowest BCUT2D eigenvalue weighted by molar-refractivity contribution is 0.909. The van der Waals surface area contributed by atoms with Crippen LogP contribution in [0.15, 0.2) is 16.7 Å². The van der Waals surface area contributed by atoms with Gasteiger partial charge in [-0.05, 0) is 6.08 Å². The molecule has 2 nitrogen and oxygen atoms in total. The lowest BCUT2D eigenvalue weighted by atomic mass is 10.7. The van der Waals surface area contributed by atoms with Gasteiger partial charge in [-0.1, -0.05) is 11.6 Å². The van der Waals surface area contributed by atoms with Gasteiger partial charge in [0, 0.05) is 18.8 Å². The molecular weight excluding hydrogens is 112 g/mol. The molecule has 0 saturated heterocycles. The van der Waals surface area contributed by atoms with Crippen molar-refractivity contribution in [2.75, 3.05) is 7.05 Å². The Morgan fingerprint density at radius 3 is 2.86 bits per heavy atom. The third-order valence-electron chi connectivity index (χ3n) is 0.362. The fourth-order valence-electron chi connectivity index (χ4n) is 0.150. The van der Waals surface area contributed by atoms with E-state index in [1.54, 1.807) is 19.3 Å². The van der Waals surface area contributed by atoms with Gasteiger partial charge in [0.25, 0.3) is 0 Å². The highest BCUT2D eigenvalue weighted by molar-refractivity contribution is 6.26. The summed E-state index contributed by atoms with van der Waals surface area (Å²) in [7, 11) is 1.72. The Morgan fingerprint density at radius 1 is 1.71 bits per heavy atom. The van der Waals surface area contributed by atoms with E-state index in [4.69, 9.17) is 11.6 Å². The maximum atomic E-state index is 5.14. The van der Waals surface area contributed by atoms with E-state index in [0.717, 1.165) is 0 Å². The van der Waals surface area contributed by atoms with Crippen LogP contribution in [0.1, 0.15) is 0 Å². The standard InChI is InChI=1S/C4H7ClN2/c1-6-7-4-2-3-5/h2-4,6H,1H3/b3-2-,7-4-. The van der Waals surface area contributed by atoms with Crippen LogP contribution in [0.5, 0.6) is 0 Å². The molecule has 0 fully saturated rings. The Balaban J connectivity index is 3.09. The number of hydrogen-bond acceptors (Lipinski definition) is 2. The number of nitrogens with zero attached hydrogens (tertiary/aromatic N) is 1. The zero-order chi connectivity index (χ0) is 5.54. The van der Waals surface area contributed by atoms with Crippen molar-refractivity contribution in [2.45, 2.75) is 0 Å². The van der Waals surface area contributed by atoms with Gasteiger partial charge in [-0.3, -0.25) is 0 Å². The maximum absolute atomic E-state index is 5.14. The molecule has 0 aromatic rings. The van der Waals surface area contributed by atoms with E-state index in [1.165, 1.54) is 5.54 Å². The van der Waals surface area contributed by atoms with Gasteiger partial charge in [0.1, 0.15) is 0 Å². The van der Waals surface area contributed by atoms with Crippen molar-refractivity contribution < 1.29 is 0 Å². The minimum atomic E-state index is 1.39. The van der Waals surface area contributed by atoms with Crippen LogP contribution in [-0.2, 0) is 0 Å². The van der Waals surface area contributed by atoms with Crippen molar-refractivity contribution in [1.29, 1.82) is 0 Å². The normalized spacial score (nSPS) is 11.1. The first-order valence-corrected chi connectivity index (χ1v) is 2.30. The molecule has 7 heavy (non-hydrogen) atoms. The summed E-state index contributed by atoms with van der Waals surface area (Å²) in [5, 5.41) is 3.62. The van der Waals surface area contributed by atoms with Crippen LogP contribution >= 0.6 is 11.6 Å². The van der Waals surface area contributed by atoms with Crippen LogP contribution in [0.3, 0.4) is 0 Å². The highest BCUT2D eigenvalue weighted by atomic mass is 35.5. The molecule has 0 amide bonds. The van der Waals surface area contributed by atoms with E-state index >= 15 is 0 Å². The highest BCUT2D eigenvalue weighted by Gasteiger charge is 1.55. The van der Waals surface area contributed by atoms with E-state index in [-0.39, 0.29) is 0 Å². The minimum Gasteiger partial charge on any atom is -0.313 e. The van der Waals surface area contributed by atoms with Crippen molar-refractivity contribution in [3.8, 4) is 0 Å². The molecule has 0 spiro atoms. The van der Waals surface area contributed by atoms with Gasteiger partial charge in [0.2, 0.25) is 0 Å². The number of allylic oxidation sites excluding steroid dienone is 1. The van der Waals surface area contributed by atoms with Crippen LogP contribution in [0.2, 0.25) is 0 Å². The molecule has 0 aromatic heterocycles. The highest BCUT2D eigenvalue weighted by Crippen LogP contribution is 1.71. The number of hydrazone groups is 1. The van der Waals surface area contributed by atoms with Crippen molar-refractivity contribution in [3.05, 3.63) is 11.6 Å². The van der Waals surface area contributed by atoms with Crippen LogP contribution in [0, 0.1) is 0 Å². The molecule has 0 unspecified atom stereocenters. The third-order valence-corrected chi connectivity index (χ3v) is 0.508. The molecule has 0 aromatic carbocycles. The van der Waals surface area contributed by atoms with Crippen molar-refractivity contribution in [2.24, 2.45) is 5.10 Å². The Morgan fingerprint density at radius 2 is 2.43 bits per heavy atom. The Hall–Kier alpha value is -0.500. The second-order valence-corrected chi connectivity index (χ2v) is 1.07. The van der Waals surface area contributed by atoms with Crippen LogP contribution in [-0.4, -0.2) is 13.3 Å². The Labute approximate surface area is 47.9 Å². The first kappa shape index (κ1) is 6.50. The molecular formula is C4H7ClN2. The summed E-state index contributed by atoms with van der Waals surface area (Å²) in [5.74, 6) is 0. The largest absolute Gasteiger partial charge is 0.313 e. The molecule has 0 aliphatic carbocycles. The average Bonchev–Trinajstić information content (AvgIpc) is 1.69. The number of nitrogens with one attached hydrogen (secondary N) is 1. The van der Waals surface area contributed by atoms with Gasteiger partial charge >= 0.3 is 0 Å². The van der Waals surface area contributed by atoms with Gasteiger partial charge < -0.3 is 5.43 Å². The molecule has 0 bridgehead atoms. The van der Waals surface area contributed by atoms with E-state index in [0.29, 0.717) is 0 Å². The first-order valence-electron chi connectivity index (χ1n) is 1.87. The van der Waals surface area contributed by atoms with Gasteiger partial charge in [-0.15, -0.1) is 0 Å². The molecule has 0 radical (unpaired) electrons. The number of rotatable bonds is 2. The second-order valence-electron chi connectivity index (χ2n) is 0.820. The topological polar surface area (TPSA) is 24.4 Å². The predicted molar refractivity (Wildman–Crippen MR) is 32.5 cm³/mol. The smallest absolute Gasteiger partial charge is 0.0476 e. The zero-order valence-corrected chi connectivity index (χ0v) is 4.81. The maximum Gasteiger partial charge on any atom is 0.0476 e. The molecule has 0 aliphatic rings. The number of halogens is 1. The summed E-state index contributed by atoms with van der Waals surface area (Å²) in [5.41, 5.74) is 3.95. The van der Waals surface area contributed by atoms with Gasteiger partial charge in [-0.2, -0.15) is 5.10 Å². The van der Waals surface area contributed by atoms with Crippen LogP contribution < -0.4 is 5.43 Å². The van der Waals surface area contributed by atoms with Crippen molar-refractivity contribution >= 4 is 17.8 Å². The number of hydrogen-bond donors (Lipinski definition) is 1. The zero-order valence-electron chi connectivity index (χ0n) is 4.06. The summed E-state index contributed by atoms with van der Waals surface area (Å²) in [6, 6.07) is 0. The Kier molecular flexibility index (Phi) is 5.11. The fourth-order valence-corrected chi connectivity index (χ4v) is 0.215. The quantitative estimate of drug-likeness (QED) is 0.424. The monoisotopic (exact) mass is 118 g/mol. The summed E-state index contributed by atoms with van der Waals surface area (Å²) < 4.78 is 0. The van der Waals surface area contributed by atoms with Gasteiger partial charge in [-0.25, -0.2) is 0 Å². The fraction of sp³-hybridized carbons (Fsp3) is 0.250. The molecule has 1 N–H and O–H groups in total. The predicted octanol–water partition coefficient (Wildman–Crippen LogP) is 0.944. The third kappa shape index (κ3) is 5.50. The molecule has 0 heterocycles. The van der Waals surface area contributed by atoms with E-state index in [1.807, 2.05) is 0 Å². The summed E-state index contributed by atoms with van der Waals surface area (Å²) in [6.07, 6.45) is 3.19. The second kappa shape index (κ2) is 5.50. The molecule has 0 rings (SSSR count). The van der Waals surface area contributed by atoms with Gasteiger partial charge in [0.05, 0.1) is 0 Å². The first-order chi connectivity index (χ1) is 3.41. The summed E-state index contributed by atoms with van der Waals surface area (Å²) >= 11 is 5.14. The van der Waals surface area contributed by atoms with Crippen molar-refractivity contribution in [1.82, 2.24) is 5.43 Å². The molecule has 40 valence electrons. The van der Waals surface area contributed by atoms with E-state index in [9.17, 15) is 0 Å². The lowest BCUT2D eigenvalue weighted by Gasteiger charge is -1.77. The van der Waals surface area contributed by atoms with Gasteiger partial charge in [0.15, 0.2) is 0 Å². The van der Waals surface area contributed by atoms with Crippen LogP contribution in [0.4, 0.5) is 0 Å². The van der Waals surface area contributed by atoms with Crippen molar-refractivity contribution in [3.63, 3.8) is 0 Å². The molecule has 3 heteroatoms. The Bertz CT molecular complexity index is 77.8. The minimum absolute atomic E-state index is 1.39. The van der Waals surface area contributed by atoms with Crippen LogP contribution in [0.25, 0.3) is 0 Å². The van der Waals surface area contributed by atoms with E-state index in [2.05, 4.69) is 10.5 Å². The summed E-state index contributed by atoms with van der Waals surface area (Å²) in [4.78, 5) is 0. The molecule has 0 saturated carbocycles. The average molecular weight is 119 g/mol. The summed E-state index contributed by atoms with van der Waals surface area (Å²) in [6.45, 7) is 0. The lowest BCUT2D eigenvalue weighted by Crippen LogP contribution is -1.91. The SMILES string of the molecule is CN/N=C\C=C/Cl. The molecule has 0 atom stereocenters.